The van der Waals surface area contributed by atoms with Crippen LogP contribution in [-0.2, 0) is 0 Å². The van der Waals surface area contributed by atoms with E-state index in [9.17, 15) is 4.79 Å². The van der Waals surface area contributed by atoms with Crippen molar-refractivity contribution in [2.45, 2.75) is 13.1 Å². The molecule has 1 atom stereocenters. The number of fused-ring (bicyclic) bond motifs is 1. The van der Waals surface area contributed by atoms with Gasteiger partial charge in [0, 0.05) is 34.9 Å². The summed E-state index contributed by atoms with van der Waals surface area (Å²) >= 11 is 0. The van der Waals surface area contributed by atoms with Crippen LogP contribution < -0.4 is 10.2 Å². The van der Waals surface area contributed by atoms with E-state index >= 15 is 0 Å². The Labute approximate surface area is 140 Å². The number of hydrogen-bond donors (Lipinski definition) is 1. The largest absolute Gasteiger partial charge is 0.359 e. The number of aldehydes is 1. The van der Waals surface area contributed by atoms with Gasteiger partial charge in [-0.05, 0) is 55.5 Å². The van der Waals surface area contributed by atoms with Crippen molar-refractivity contribution < 1.29 is 4.79 Å². The summed E-state index contributed by atoms with van der Waals surface area (Å²) in [7, 11) is 0. The zero-order valence-electron chi connectivity index (χ0n) is 13.2. The zero-order chi connectivity index (χ0) is 16.5. The van der Waals surface area contributed by atoms with Crippen molar-refractivity contribution in [1.82, 2.24) is 10.3 Å². The Morgan fingerprint density at radius 1 is 1.08 bits per heavy atom. The molecule has 1 aromatic carbocycles. The predicted molar refractivity (Wildman–Crippen MR) is 94.6 cm³/mol. The second-order valence-electron chi connectivity index (χ2n) is 5.69. The highest BCUT2D eigenvalue weighted by Gasteiger charge is 2.32. The number of carbonyl (C=O) groups is 1. The van der Waals surface area contributed by atoms with Crippen LogP contribution in [0.2, 0.25) is 0 Å². The summed E-state index contributed by atoms with van der Waals surface area (Å²) in [5.74, 6) is 0.919. The third kappa shape index (κ3) is 2.40. The van der Waals surface area contributed by atoms with Gasteiger partial charge in [-0.2, -0.15) is 0 Å². The molecule has 3 heterocycles. The van der Waals surface area contributed by atoms with Gasteiger partial charge < -0.3 is 10.2 Å². The lowest BCUT2D eigenvalue weighted by Gasteiger charge is -2.31. The maximum absolute atomic E-state index is 10.9. The van der Waals surface area contributed by atoms with Gasteiger partial charge in [-0.25, -0.2) is 4.99 Å². The molecule has 2 aliphatic heterocycles. The second kappa shape index (κ2) is 5.77. The van der Waals surface area contributed by atoms with Crippen LogP contribution in [0, 0.1) is 0 Å². The predicted octanol–water partition coefficient (Wildman–Crippen LogP) is 2.99. The number of dihydropyridines is 1. The molecule has 5 nitrogen and oxygen atoms in total. The molecule has 0 aliphatic carbocycles. The first-order valence-electron chi connectivity index (χ1n) is 7.75. The summed E-state index contributed by atoms with van der Waals surface area (Å²) in [6.07, 6.45) is 8.44. The molecular weight excluding hydrogens is 300 g/mol. The molecule has 5 heteroatoms. The molecule has 0 saturated carbocycles. The van der Waals surface area contributed by atoms with Crippen LogP contribution in [0.25, 0.3) is 5.70 Å². The molecule has 2 aromatic rings. The Hall–Kier alpha value is -3.21. The van der Waals surface area contributed by atoms with Crippen LogP contribution in [0.5, 0.6) is 0 Å². The van der Waals surface area contributed by atoms with Gasteiger partial charge in [0.25, 0.3) is 0 Å². The number of aromatic nitrogens is 1. The minimum atomic E-state index is -0.0553. The number of nitrogens with zero attached hydrogens (tertiary/aromatic N) is 3. The number of rotatable bonds is 3. The van der Waals surface area contributed by atoms with E-state index in [1.54, 1.807) is 12.4 Å². The van der Waals surface area contributed by atoms with Gasteiger partial charge in [-0.1, -0.05) is 0 Å². The lowest BCUT2D eigenvalue weighted by molar-refractivity contribution is 0.112. The van der Waals surface area contributed by atoms with Gasteiger partial charge in [-0.15, -0.1) is 0 Å². The van der Waals surface area contributed by atoms with E-state index in [-0.39, 0.29) is 6.17 Å². The molecule has 0 spiro atoms. The summed E-state index contributed by atoms with van der Waals surface area (Å²) in [6, 6.07) is 11.5. The smallest absolute Gasteiger partial charge is 0.150 e. The highest BCUT2D eigenvalue weighted by molar-refractivity contribution is 6.01. The van der Waals surface area contributed by atoms with Gasteiger partial charge in [0.15, 0.2) is 0 Å². The summed E-state index contributed by atoms with van der Waals surface area (Å²) in [5, 5.41) is 3.55. The van der Waals surface area contributed by atoms with Gasteiger partial charge in [0.1, 0.15) is 18.3 Å². The second-order valence-corrected chi connectivity index (χ2v) is 5.69. The average Bonchev–Trinajstić information content (AvgIpc) is 2.97. The molecule has 1 unspecified atom stereocenters. The Morgan fingerprint density at radius 2 is 1.83 bits per heavy atom. The quantitative estimate of drug-likeness (QED) is 0.885. The molecule has 1 aromatic heterocycles. The molecule has 0 fully saturated rings. The summed E-state index contributed by atoms with van der Waals surface area (Å²) in [4.78, 5) is 21.7. The Morgan fingerprint density at radius 3 is 2.54 bits per heavy atom. The van der Waals surface area contributed by atoms with Crippen LogP contribution in [0.3, 0.4) is 0 Å². The minimum absolute atomic E-state index is 0.0553. The van der Waals surface area contributed by atoms with Crippen molar-refractivity contribution in [1.29, 1.82) is 0 Å². The van der Waals surface area contributed by atoms with Crippen LogP contribution in [0.1, 0.15) is 22.8 Å². The van der Waals surface area contributed by atoms with Crippen LogP contribution >= 0.6 is 0 Å². The highest BCUT2D eigenvalue weighted by atomic mass is 16.1. The first-order chi connectivity index (χ1) is 11.8. The number of amidine groups is 1. The van der Waals surface area contributed by atoms with E-state index in [1.165, 1.54) is 0 Å². The maximum Gasteiger partial charge on any atom is 0.150 e. The van der Waals surface area contributed by atoms with E-state index in [0.717, 1.165) is 34.8 Å². The Kier molecular flexibility index (Phi) is 3.46. The molecule has 1 N–H and O–H groups in total. The van der Waals surface area contributed by atoms with E-state index in [4.69, 9.17) is 0 Å². The van der Waals surface area contributed by atoms with Gasteiger partial charge in [-0.3, -0.25) is 9.78 Å². The van der Waals surface area contributed by atoms with E-state index < -0.39 is 0 Å². The summed E-state index contributed by atoms with van der Waals surface area (Å²) in [5.41, 5.74) is 4.76. The maximum atomic E-state index is 10.9. The molecule has 118 valence electrons. The highest BCUT2D eigenvalue weighted by Crippen LogP contribution is 2.31. The van der Waals surface area contributed by atoms with Crippen molar-refractivity contribution in [2.24, 2.45) is 4.99 Å². The average molecular weight is 316 g/mol. The minimum Gasteiger partial charge on any atom is -0.359 e. The monoisotopic (exact) mass is 316 g/mol. The number of benzene rings is 1. The molecule has 24 heavy (non-hydrogen) atoms. The number of nitrogens with one attached hydrogen (secondary N) is 1. The van der Waals surface area contributed by atoms with Crippen molar-refractivity contribution in [3.8, 4) is 0 Å². The zero-order valence-corrected chi connectivity index (χ0v) is 13.2. The summed E-state index contributed by atoms with van der Waals surface area (Å²) in [6.45, 7) is 1.99. The van der Waals surface area contributed by atoms with Crippen LogP contribution in [0.15, 0.2) is 71.6 Å². The molecule has 0 amide bonds. The van der Waals surface area contributed by atoms with Crippen molar-refractivity contribution in [3.05, 3.63) is 77.8 Å². The first kappa shape index (κ1) is 14.4. The van der Waals surface area contributed by atoms with Crippen LogP contribution in [0.4, 0.5) is 5.69 Å². The third-order valence-electron chi connectivity index (χ3n) is 4.19. The third-order valence-corrected chi connectivity index (χ3v) is 4.19. The van der Waals surface area contributed by atoms with Crippen LogP contribution in [-0.4, -0.2) is 23.3 Å². The van der Waals surface area contributed by atoms with Gasteiger partial charge >= 0.3 is 0 Å². The molecule has 0 saturated heterocycles. The summed E-state index contributed by atoms with van der Waals surface area (Å²) < 4.78 is 0. The van der Waals surface area contributed by atoms with E-state index in [0.29, 0.717) is 5.56 Å². The number of aliphatic imine (C=N–C) groups is 1. The number of pyridine rings is 1. The van der Waals surface area contributed by atoms with Gasteiger partial charge in [0.05, 0.1) is 5.70 Å². The molecule has 0 radical (unpaired) electrons. The van der Waals surface area contributed by atoms with Crippen molar-refractivity contribution >= 4 is 23.5 Å². The Bertz CT molecular complexity index is 866. The molecule has 2 aliphatic rings. The lowest BCUT2D eigenvalue weighted by Crippen LogP contribution is -2.45. The Balaban J connectivity index is 1.67. The number of allylic oxidation sites excluding steroid dienone is 2. The fourth-order valence-corrected chi connectivity index (χ4v) is 3.01. The SMILES string of the molecule is CC1=NC2=CC=C(c3ccncc3)NC2N1c1ccc(C=O)cc1. The standard InChI is InChI=1S/C19H16N4O/c1-13-21-18-7-6-17(15-8-10-20-11-9-15)22-19(18)23(13)16-4-2-14(12-24)3-5-16/h2-12,19,22H,1H3. The van der Waals surface area contributed by atoms with Crippen molar-refractivity contribution in [2.75, 3.05) is 4.90 Å². The lowest BCUT2D eigenvalue weighted by atomic mass is 10.1. The number of anilines is 1. The van der Waals surface area contributed by atoms with E-state index in [2.05, 4.69) is 20.2 Å². The number of carbonyl (C=O) groups excluding carboxylic acids is 1. The number of hydrogen-bond acceptors (Lipinski definition) is 5. The molecular formula is C19H16N4O. The van der Waals surface area contributed by atoms with Gasteiger partial charge in [0.2, 0.25) is 0 Å². The molecule has 4 rings (SSSR count). The fraction of sp³-hybridized carbons (Fsp3) is 0.105. The first-order valence-corrected chi connectivity index (χ1v) is 7.75. The topological polar surface area (TPSA) is 57.6 Å². The normalized spacial score (nSPS) is 19.0. The molecule has 0 bridgehead atoms. The van der Waals surface area contributed by atoms with Crippen molar-refractivity contribution in [3.63, 3.8) is 0 Å². The fourth-order valence-electron chi connectivity index (χ4n) is 3.01. The van der Waals surface area contributed by atoms with E-state index in [1.807, 2.05) is 55.5 Å².